The van der Waals surface area contributed by atoms with Crippen LogP contribution >= 0.6 is 0 Å². The Morgan fingerprint density at radius 3 is 2.55 bits per heavy atom. The molecule has 102 valence electrons. The molecule has 0 radical (unpaired) electrons. The maximum atomic E-state index is 13.9. The number of benzene rings is 2. The fraction of sp³-hybridized carbons (Fsp3) is 0.188. The van der Waals surface area contributed by atoms with E-state index in [-0.39, 0.29) is 11.4 Å². The molecule has 0 unspecified atom stereocenters. The average Bonchev–Trinajstić information content (AvgIpc) is 2.45. The SMILES string of the molecule is CCNCc1ccc(-c2cc(F)cc(C#N)c2)cc1F. The van der Waals surface area contributed by atoms with Crippen LogP contribution < -0.4 is 5.32 Å². The number of nitrogens with zero attached hydrogens (tertiary/aromatic N) is 1. The van der Waals surface area contributed by atoms with Gasteiger partial charge >= 0.3 is 0 Å². The maximum Gasteiger partial charge on any atom is 0.128 e. The van der Waals surface area contributed by atoms with Crippen molar-refractivity contribution in [2.45, 2.75) is 13.5 Å². The zero-order valence-corrected chi connectivity index (χ0v) is 11.1. The Labute approximate surface area is 116 Å². The van der Waals surface area contributed by atoms with Gasteiger partial charge in [-0.3, -0.25) is 0 Å². The van der Waals surface area contributed by atoms with Crippen LogP contribution in [0.3, 0.4) is 0 Å². The van der Waals surface area contributed by atoms with E-state index < -0.39 is 5.82 Å². The lowest BCUT2D eigenvalue weighted by Crippen LogP contribution is -2.12. The molecule has 4 heteroatoms. The van der Waals surface area contributed by atoms with E-state index in [0.717, 1.165) is 12.6 Å². The van der Waals surface area contributed by atoms with Gasteiger partial charge in [-0.15, -0.1) is 0 Å². The molecule has 0 bridgehead atoms. The maximum absolute atomic E-state index is 13.9. The van der Waals surface area contributed by atoms with Gasteiger partial charge in [-0.25, -0.2) is 8.78 Å². The largest absolute Gasteiger partial charge is 0.313 e. The van der Waals surface area contributed by atoms with Gasteiger partial charge in [0.2, 0.25) is 0 Å². The lowest BCUT2D eigenvalue weighted by molar-refractivity contribution is 0.594. The van der Waals surface area contributed by atoms with E-state index in [2.05, 4.69) is 5.32 Å². The normalized spacial score (nSPS) is 10.3. The highest BCUT2D eigenvalue weighted by Gasteiger charge is 2.07. The molecular formula is C16H14F2N2. The molecule has 2 nitrogen and oxygen atoms in total. The predicted molar refractivity (Wildman–Crippen MR) is 73.9 cm³/mol. The fourth-order valence-electron chi connectivity index (χ4n) is 1.95. The van der Waals surface area contributed by atoms with Crippen molar-refractivity contribution in [2.75, 3.05) is 6.54 Å². The summed E-state index contributed by atoms with van der Waals surface area (Å²) in [7, 11) is 0. The molecule has 0 aliphatic carbocycles. The minimum absolute atomic E-state index is 0.220. The molecule has 1 N–H and O–H groups in total. The van der Waals surface area contributed by atoms with Gasteiger partial charge in [-0.2, -0.15) is 5.26 Å². The van der Waals surface area contributed by atoms with Crippen molar-refractivity contribution in [2.24, 2.45) is 0 Å². The van der Waals surface area contributed by atoms with Gasteiger partial charge in [0.25, 0.3) is 0 Å². The Morgan fingerprint density at radius 2 is 1.90 bits per heavy atom. The monoisotopic (exact) mass is 272 g/mol. The molecule has 20 heavy (non-hydrogen) atoms. The average molecular weight is 272 g/mol. The Hall–Kier alpha value is -2.25. The van der Waals surface area contributed by atoms with Gasteiger partial charge in [-0.05, 0) is 41.9 Å². The van der Waals surface area contributed by atoms with E-state index in [4.69, 9.17) is 5.26 Å². The summed E-state index contributed by atoms with van der Waals surface area (Å²) >= 11 is 0. The number of rotatable bonds is 4. The molecule has 0 fully saturated rings. The molecule has 0 saturated heterocycles. The van der Waals surface area contributed by atoms with Gasteiger partial charge in [0.1, 0.15) is 11.6 Å². The van der Waals surface area contributed by atoms with Gasteiger partial charge in [-0.1, -0.05) is 19.1 Å². The third-order valence-corrected chi connectivity index (χ3v) is 2.98. The number of hydrogen-bond donors (Lipinski definition) is 1. The van der Waals surface area contributed by atoms with E-state index in [1.807, 2.05) is 13.0 Å². The highest BCUT2D eigenvalue weighted by molar-refractivity contribution is 5.65. The first kappa shape index (κ1) is 14.2. The highest BCUT2D eigenvalue weighted by atomic mass is 19.1. The summed E-state index contributed by atoms with van der Waals surface area (Å²) in [5.74, 6) is -0.845. The second kappa shape index (κ2) is 6.27. The first-order valence-electron chi connectivity index (χ1n) is 6.34. The predicted octanol–water partition coefficient (Wildman–Crippen LogP) is 3.61. The topological polar surface area (TPSA) is 35.8 Å². The quantitative estimate of drug-likeness (QED) is 0.922. The third kappa shape index (κ3) is 3.19. The number of nitrogens with one attached hydrogen (secondary N) is 1. The van der Waals surface area contributed by atoms with Crippen molar-refractivity contribution >= 4 is 0 Å². The van der Waals surface area contributed by atoms with Crippen LogP contribution in [0.1, 0.15) is 18.1 Å². The Balaban J connectivity index is 2.37. The molecule has 0 heterocycles. The molecule has 2 aromatic rings. The van der Waals surface area contributed by atoms with E-state index in [0.29, 0.717) is 23.2 Å². The van der Waals surface area contributed by atoms with Crippen LogP contribution in [-0.2, 0) is 6.54 Å². The van der Waals surface area contributed by atoms with Crippen LogP contribution in [0.25, 0.3) is 11.1 Å². The van der Waals surface area contributed by atoms with Crippen LogP contribution in [0.4, 0.5) is 8.78 Å². The van der Waals surface area contributed by atoms with Crippen molar-refractivity contribution < 1.29 is 8.78 Å². The third-order valence-electron chi connectivity index (χ3n) is 2.98. The lowest BCUT2D eigenvalue weighted by Gasteiger charge is -2.07. The summed E-state index contributed by atoms with van der Waals surface area (Å²) < 4.78 is 27.3. The van der Waals surface area contributed by atoms with Crippen molar-refractivity contribution in [1.29, 1.82) is 5.26 Å². The van der Waals surface area contributed by atoms with Crippen LogP contribution in [0.5, 0.6) is 0 Å². The first-order chi connectivity index (χ1) is 9.63. The van der Waals surface area contributed by atoms with Crippen molar-refractivity contribution in [1.82, 2.24) is 5.32 Å². The molecule has 0 atom stereocenters. The number of halogens is 2. The van der Waals surface area contributed by atoms with Gasteiger partial charge < -0.3 is 5.32 Å². The molecular weight excluding hydrogens is 258 g/mol. The smallest absolute Gasteiger partial charge is 0.128 e. The molecule has 0 aromatic heterocycles. The van der Waals surface area contributed by atoms with Crippen molar-refractivity contribution in [3.8, 4) is 17.2 Å². The van der Waals surface area contributed by atoms with E-state index in [9.17, 15) is 8.78 Å². The first-order valence-corrected chi connectivity index (χ1v) is 6.34. The van der Waals surface area contributed by atoms with E-state index >= 15 is 0 Å². The molecule has 0 saturated carbocycles. The van der Waals surface area contributed by atoms with Crippen LogP contribution in [0.15, 0.2) is 36.4 Å². The Bertz CT molecular complexity index is 660. The Morgan fingerprint density at radius 1 is 1.10 bits per heavy atom. The molecule has 0 aliphatic heterocycles. The summed E-state index contributed by atoms with van der Waals surface area (Å²) in [5.41, 5.74) is 1.83. The summed E-state index contributed by atoms with van der Waals surface area (Å²) in [6.07, 6.45) is 0. The van der Waals surface area contributed by atoms with Crippen LogP contribution in [0.2, 0.25) is 0 Å². The van der Waals surface area contributed by atoms with Gasteiger partial charge in [0.15, 0.2) is 0 Å². The van der Waals surface area contributed by atoms with Gasteiger partial charge in [0, 0.05) is 12.1 Å². The summed E-state index contributed by atoms with van der Waals surface area (Å²) in [5, 5.41) is 11.9. The fourth-order valence-corrected chi connectivity index (χ4v) is 1.95. The second-order valence-corrected chi connectivity index (χ2v) is 4.43. The van der Waals surface area contributed by atoms with E-state index in [1.165, 1.54) is 12.1 Å². The van der Waals surface area contributed by atoms with Crippen LogP contribution in [0, 0.1) is 23.0 Å². The lowest BCUT2D eigenvalue weighted by atomic mass is 10.0. The highest BCUT2D eigenvalue weighted by Crippen LogP contribution is 2.24. The van der Waals surface area contributed by atoms with E-state index in [1.54, 1.807) is 18.2 Å². The Kier molecular flexibility index (Phi) is 4.44. The molecule has 0 aliphatic rings. The summed E-state index contributed by atoms with van der Waals surface area (Å²) in [4.78, 5) is 0. The standard InChI is InChI=1S/C16H14F2N2/c1-2-20-10-13-4-3-12(8-16(13)18)14-5-11(9-19)6-15(17)7-14/h3-8,20H,2,10H2,1H3. The molecule has 2 rings (SSSR count). The van der Waals surface area contributed by atoms with Crippen LogP contribution in [-0.4, -0.2) is 6.54 Å². The minimum Gasteiger partial charge on any atom is -0.313 e. The summed E-state index contributed by atoms with van der Waals surface area (Å²) in [6.45, 7) is 3.16. The van der Waals surface area contributed by atoms with Crippen molar-refractivity contribution in [3.63, 3.8) is 0 Å². The minimum atomic E-state index is -0.504. The molecule has 2 aromatic carbocycles. The number of nitriles is 1. The summed E-state index contributed by atoms with van der Waals surface area (Å²) in [6, 6.07) is 10.6. The zero-order chi connectivity index (χ0) is 14.5. The zero-order valence-electron chi connectivity index (χ0n) is 11.1. The van der Waals surface area contributed by atoms with Crippen molar-refractivity contribution in [3.05, 3.63) is 59.2 Å². The van der Waals surface area contributed by atoms with Gasteiger partial charge in [0.05, 0.1) is 11.6 Å². The molecule has 0 amide bonds. The number of hydrogen-bond acceptors (Lipinski definition) is 2. The molecule has 0 spiro atoms. The second-order valence-electron chi connectivity index (χ2n) is 4.43.